The molecule has 0 aromatic carbocycles. The van der Waals surface area contributed by atoms with E-state index in [4.69, 9.17) is 10.8 Å². The molecule has 0 aliphatic heterocycles. The SMILES string of the molecule is CN(C)CC(C)(N)C(=O)O. The second-order valence-corrected chi connectivity index (χ2v) is 2.96. The summed E-state index contributed by atoms with van der Waals surface area (Å²) in [7, 11) is 3.57. The lowest BCUT2D eigenvalue weighted by atomic mass is 10.0. The van der Waals surface area contributed by atoms with Gasteiger partial charge in [0.15, 0.2) is 0 Å². The fourth-order valence-corrected chi connectivity index (χ4v) is 0.725. The fourth-order valence-electron chi connectivity index (χ4n) is 0.725. The fraction of sp³-hybridized carbons (Fsp3) is 0.833. The van der Waals surface area contributed by atoms with E-state index in [-0.39, 0.29) is 0 Å². The van der Waals surface area contributed by atoms with Crippen molar-refractivity contribution in [3.63, 3.8) is 0 Å². The Kier molecular flexibility index (Phi) is 2.80. The second-order valence-electron chi connectivity index (χ2n) is 2.96. The lowest BCUT2D eigenvalue weighted by Gasteiger charge is -2.22. The number of carboxylic acid groups (broad SMARTS) is 1. The van der Waals surface area contributed by atoms with Gasteiger partial charge in [-0.25, -0.2) is 0 Å². The van der Waals surface area contributed by atoms with E-state index in [2.05, 4.69) is 0 Å². The Labute approximate surface area is 60.6 Å². The molecular formula is C6H14N2O2. The van der Waals surface area contributed by atoms with Gasteiger partial charge in [-0.05, 0) is 21.0 Å². The van der Waals surface area contributed by atoms with Gasteiger partial charge in [-0.3, -0.25) is 4.79 Å². The van der Waals surface area contributed by atoms with Crippen LogP contribution in [0, 0.1) is 0 Å². The quantitative estimate of drug-likeness (QED) is 0.555. The molecule has 0 saturated carbocycles. The molecule has 4 nitrogen and oxygen atoms in total. The topological polar surface area (TPSA) is 66.6 Å². The lowest BCUT2D eigenvalue weighted by molar-refractivity contribution is -0.143. The first-order valence-electron chi connectivity index (χ1n) is 3.03. The first-order valence-corrected chi connectivity index (χ1v) is 3.03. The van der Waals surface area contributed by atoms with Gasteiger partial charge in [0, 0.05) is 6.54 Å². The molecule has 0 bridgehead atoms. The molecular weight excluding hydrogens is 132 g/mol. The molecule has 0 aromatic heterocycles. The first-order chi connectivity index (χ1) is 4.36. The second kappa shape index (κ2) is 2.98. The van der Waals surface area contributed by atoms with Gasteiger partial charge in [-0.15, -0.1) is 0 Å². The van der Waals surface area contributed by atoms with Crippen molar-refractivity contribution in [2.24, 2.45) is 5.73 Å². The molecule has 60 valence electrons. The number of hydrogen-bond donors (Lipinski definition) is 2. The largest absolute Gasteiger partial charge is 0.480 e. The summed E-state index contributed by atoms with van der Waals surface area (Å²) in [5.41, 5.74) is 4.28. The minimum absolute atomic E-state index is 0.350. The maximum absolute atomic E-state index is 10.4. The van der Waals surface area contributed by atoms with Crippen LogP contribution in [0.1, 0.15) is 6.92 Å². The Morgan fingerprint density at radius 1 is 1.70 bits per heavy atom. The Morgan fingerprint density at radius 2 is 2.10 bits per heavy atom. The van der Waals surface area contributed by atoms with Crippen molar-refractivity contribution in [2.75, 3.05) is 20.6 Å². The predicted octanol–water partition coefficient (Wildman–Crippen LogP) is -0.650. The number of nitrogens with two attached hydrogens (primary N) is 1. The summed E-state index contributed by atoms with van der Waals surface area (Å²) < 4.78 is 0. The van der Waals surface area contributed by atoms with Crippen molar-refractivity contribution >= 4 is 5.97 Å². The Bertz CT molecular complexity index is 132. The maximum atomic E-state index is 10.4. The van der Waals surface area contributed by atoms with Crippen LogP contribution in [0.4, 0.5) is 0 Å². The molecule has 0 spiro atoms. The number of nitrogens with zero attached hydrogens (tertiary/aromatic N) is 1. The van der Waals surface area contributed by atoms with E-state index in [1.165, 1.54) is 6.92 Å². The molecule has 4 heteroatoms. The van der Waals surface area contributed by atoms with Crippen LogP contribution in [0.2, 0.25) is 0 Å². The van der Waals surface area contributed by atoms with Crippen molar-refractivity contribution in [3.05, 3.63) is 0 Å². The number of carboxylic acids is 1. The smallest absolute Gasteiger partial charge is 0.324 e. The molecule has 0 radical (unpaired) electrons. The van der Waals surface area contributed by atoms with Gasteiger partial charge < -0.3 is 15.7 Å². The molecule has 0 saturated heterocycles. The highest BCUT2D eigenvalue weighted by molar-refractivity contribution is 5.78. The van der Waals surface area contributed by atoms with Gasteiger partial charge in [-0.1, -0.05) is 0 Å². The molecule has 0 aliphatic rings. The van der Waals surface area contributed by atoms with E-state index in [1.807, 2.05) is 0 Å². The van der Waals surface area contributed by atoms with Crippen LogP contribution in [0.3, 0.4) is 0 Å². The minimum Gasteiger partial charge on any atom is -0.480 e. The molecule has 3 N–H and O–H groups in total. The van der Waals surface area contributed by atoms with E-state index < -0.39 is 11.5 Å². The molecule has 10 heavy (non-hydrogen) atoms. The van der Waals surface area contributed by atoms with Gasteiger partial charge in [0.05, 0.1) is 0 Å². The number of rotatable bonds is 3. The zero-order valence-electron chi connectivity index (χ0n) is 6.59. The molecule has 0 amide bonds. The highest BCUT2D eigenvalue weighted by Gasteiger charge is 2.27. The maximum Gasteiger partial charge on any atom is 0.324 e. The van der Waals surface area contributed by atoms with Crippen molar-refractivity contribution in [2.45, 2.75) is 12.5 Å². The van der Waals surface area contributed by atoms with Crippen molar-refractivity contribution in [3.8, 4) is 0 Å². The summed E-state index contributed by atoms with van der Waals surface area (Å²) in [6.45, 7) is 1.84. The van der Waals surface area contributed by atoms with Gasteiger partial charge in [0.1, 0.15) is 5.54 Å². The third-order valence-corrected chi connectivity index (χ3v) is 1.13. The standard InChI is InChI=1S/C6H14N2O2/c1-6(7,5(9)10)4-8(2)3/h4,7H2,1-3H3,(H,9,10). The highest BCUT2D eigenvalue weighted by Crippen LogP contribution is 1.99. The molecule has 1 atom stereocenters. The van der Waals surface area contributed by atoms with E-state index in [9.17, 15) is 4.79 Å². The first kappa shape index (κ1) is 9.39. The summed E-state index contributed by atoms with van der Waals surface area (Å²) >= 11 is 0. The van der Waals surface area contributed by atoms with Gasteiger partial charge in [-0.2, -0.15) is 0 Å². The summed E-state index contributed by atoms with van der Waals surface area (Å²) in [6.07, 6.45) is 0. The Balaban J connectivity index is 4.00. The highest BCUT2D eigenvalue weighted by atomic mass is 16.4. The summed E-state index contributed by atoms with van der Waals surface area (Å²) in [4.78, 5) is 12.1. The summed E-state index contributed by atoms with van der Waals surface area (Å²) in [6, 6.07) is 0. The molecule has 0 aromatic rings. The van der Waals surface area contributed by atoms with Gasteiger partial charge in [0.25, 0.3) is 0 Å². The normalized spacial score (nSPS) is 16.9. The van der Waals surface area contributed by atoms with Crippen molar-refractivity contribution in [1.82, 2.24) is 4.90 Å². The molecule has 0 rings (SSSR count). The Hall–Kier alpha value is -0.610. The third kappa shape index (κ3) is 2.80. The van der Waals surface area contributed by atoms with Crippen LogP contribution in [0.25, 0.3) is 0 Å². The number of carbonyl (C=O) groups is 1. The molecule has 0 heterocycles. The molecule has 0 fully saturated rings. The van der Waals surface area contributed by atoms with Crippen LogP contribution in [0.15, 0.2) is 0 Å². The summed E-state index contributed by atoms with van der Waals surface area (Å²) in [5.74, 6) is -0.971. The third-order valence-electron chi connectivity index (χ3n) is 1.13. The van der Waals surface area contributed by atoms with Crippen LogP contribution in [-0.4, -0.2) is 42.2 Å². The van der Waals surface area contributed by atoms with Crippen LogP contribution in [-0.2, 0) is 4.79 Å². The van der Waals surface area contributed by atoms with Crippen LogP contribution in [0.5, 0.6) is 0 Å². The summed E-state index contributed by atoms with van der Waals surface area (Å²) in [5, 5.41) is 8.54. The van der Waals surface area contributed by atoms with Crippen molar-refractivity contribution < 1.29 is 9.90 Å². The Morgan fingerprint density at radius 3 is 2.20 bits per heavy atom. The number of likely N-dealkylation sites (N-methyl/N-ethyl adjacent to an activating group) is 1. The molecule has 1 unspecified atom stereocenters. The molecule has 0 aliphatic carbocycles. The van der Waals surface area contributed by atoms with Crippen LogP contribution >= 0.6 is 0 Å². The average Bonchev–Trinajstić information content (AvgIpc) is 1.60. The predicted molar refractivity (Wildman–Crippen MR) is 38.8 cm³/mol. The minimum atomic E-state index is -1.14. The average molecular weight is 146 g/mol. The monoisotopic (exact) mass is 146 g/mol. The van der Waals surface area contributed by atoms with Crippen LogP contribution < -0.4 is 5.73 Å². The van der Waals surface area contributed by atoms with E-state index in [1.54, 1.807) is 19.0 Å². The van der Waals surface area contributed by atoms with E-state index in [0.717, 1.165) is 0 Å². The lowest BCUT2D eigenvalue weighted by Crippen LogP contribution is -2.52. The van der Waals surface area contributed by atoms with Gasteiger partial charge >= 0.3 is 5.97 Å². The van der Waals surface area contributed by atoms with Crippen molar-refractivity contribution in [1.29, 1.82) is 0 Å². The number of aliphatic carboxylic acids is 1. The zero-order chi connectivity index (χ0) is 8.36. The van der Waals surface area contributed by atoms with Gasteiger partial charge in [0.2, 0.25) is 0 Å². The van der Waals surface area contributed by atoms with E-state index in [0.29, 0.717) is 6.54 Å². The van der Waals surface area contributed by atoms with E-state index >= 15 is 0 Å². The number of hydrogen-bond acceptors (Lipinski definition) is 3. The zero-order valence-corrected chi connectivity index (χ0v) is 6.59.